The number of allylic oxidation sites excluding steroid dienone is 1. The molecule has 0 unspecified atom stereocenters. The van der Waals surface area contributed by atoms with Crippen molar-refractivity contribution in [3.05, 3.63) is 119 Å². The fourth-order valence-corrected chi connectivity index (χ4v) is 14.8. The largest absolute Gasteiger partial charge is 0.495 e. The highest BCUT2D eigenvalue weighted by atomic mass is 28.4. The molecular formula is C58H80BFN4O7Si. The van der Waals surface area contributed by atoms with E-state index in [9.17, 15) is 9.18 Å². The van der Waals surface area contributed by atoms with Gasteiger partial charge < -0.3 is 32.8 Å². The number of rotatable bonds is 19. The van der Waals surface area contributed by atoms with Crippen LogP contribution in [0.15, 0.2) is 91.0 Å². The number of anilines is 1. The zero-order valence-corrected chi connectivity index (χ0v) is 46.6. The lowest BCUT2D eigenvalue weighted by Crippen LogP contribution is -2.67. The van der Waals surface area contributed by atoms with E-state index in [2.05, 4.69) is 100 Å². The van der Waals surface area contributed by atoms with Crippen molar-refractivity contribution in [2.24, 2.45) is 0 Å². The first-order valence-electron chi connectivity index (χ1n) is 26.1. The van der Waals surface area contributed by atoms with Gasteiger partial charge in [0.05, 0.1) is 40.3 Å². The molecule has 0 bridgehead atoms. The Morgan fingerprint density at radius 1 is 0.889 bits per heavy atom. The van der Waals surface area contributed by atoms with Crippen LogP contribution in [0.1, 0.15) is 151 Å². The van der Waals surface area contributed by atoms with Gasteiger partial charge in [-0.1, -0.05) is 93.6 Å². The molecule has 0 spiro atoms. The van der Waals surface area contributed by atoms with Crippen LogP contribution in [0.4, 0.5) is 10.2 Å². The van der Waals surface area contributed by atoms with Gasteiger partial charge in [-0.3, -0.25) is 0 Å². The number of aromatic nitrogens is 3. The molecule has 0 radical (unpaired) electrons. The number of carbonyl (C=O) groups excluding carboxylic acids is 1. The molecule has 2 aromatic heterocycles. The summed E-state index contributed by atoms with van der Waals surface area (Å²) >= 11 is 0. The second-order valence-electron chi connectivity index (χ2n) is 23.0. The van der Waals surface area contributed by atoms with E-state index in [0.717, 1.165) is 43.5 Å². The van der Waals surface area contributed by atoms with E-state index in [4.69, 9.17) is 38.0 Å². The maximum absolute atomic E-state index is 14.7. The highest BCUT2D eigenvalue weighted by Crippen LogP contribution is 2.41. The third kappa shape index (κ3) is 12.3. The zero-order valence-electron chi connectivity index (χ0n) is 45.6. The minimum absolute atomic E-state index is 0.0686. The van der Waals surface area contributed by atoms with E-state index in [-0.39, 0.29) is 29.2 Å². The van der Waals surface area contributed by atoms with Gasteiger partial charge in [0.2, 0.25) is 0 Å². The minimum atomic E-state index is -2.64. The second-order valence-corrected chi connectivity index (χ2v) is 27.3. The van der Waals surface area contributed by atoms with Crippen molar-refractivity contribution in [3.8, 4) is 0 Å². The number of hydrogen-bond acceptors (Lipinski definition) is 10. The van der Waals surface area contributed by atoms with E-state index in [1.165, 1.54) is 22.5 Å². The molecule has 2 saturated heterocycles. The summed E-state index contributed by atoms with van der Waals surface area (Å²) in [6.45, 7) is 31.1. The highest BCUT2D eigenvalue weighted by molar-refractivity contribution is 6.99. The Kier molecular flexibility index (Phi) is 16.8. The lowest BCUT2D eigenvalue weighted by Gasteiger charge is -2.44. The normalized spacial score (nSPS) is 18.0. The van der Waals surface area contributed by atoms with Gasteiger partial charge in [0.15, 0.2) is 11.8 Å². The standard InChI is InChI=1S/C58H80BFN4O7Si/c1-15-66-53(65)51(68-54(4,5)6)50-42(3)61-49-40-45(27-24-26-43-32-33-44(60)39-48(43)59-70-56(10,11)57(12,13)71-59)62-64(49)52(50)63-36-34-58(14,35-37-63)67-38-23-22-25-41(2)69-72(55(7,8)9,46-28-18-16-19-29-46)47-30-20-17-21-31-47/h16-21,24,27-33,39-41,51H,15,22-23,25-26,34-38H2,1-14H3/t41-,51+/m1/s1. The number of benzene rings is 3. The quantitative estimate of drug-likeness (QED) is 0.0451. The number of carbonyl (C=O) groups is 1. The Morgan fingerprint density at radius 3 is 2.07 bits per heavy atom. The maximum atomic E-state index is 14.7. The Morgan fingerprint density at radius 2 is 1.50 bits per heavy atom. The molecule has 0 amide bonds. The van der Waals surface area contributed by atoms with Crippen molar-refractivity contribution in [2.45, 2.75) is 175 Å². The van der Waals surface area contributed by atoms with E-state index >= 15 is 0 Å². The summed E-state index contributed by atoms with van der Waals surface area (Å²) in [5.41, 5.74) is 2.01. The van der Waals surface area contributed by atoms with Crippen LogP contribution in [0, 0.1) is 12.7 Å². The molecule has 2 fully saturated rings. The molecule has 2 atom stereocenters. The first-order chi connectivity index (χ1) is 33.9. The number of nitrogens with zero attached hydrogens (tertiary/aromatic N) is 4. The van der Waals surface area contributed by atoms with Gasteiger partial charge in [-0.2, -0.15) is 9.61 Å². The second kappa shape index (κ2) is 22.0. The number of fused-ring (bicyclic) bond motifs is 1. The Hall–Kier alpha value is -4.70. The molecule has 72 heavy (non-hydrogen) atoms. The zero-order chi connectivity index (χ0) is 52.3. The first kappa shape index (κ1) is 55.1. The van der Waals surface area contributed by atoms with Crippen molar-refractivity contribution in [3.63, 3.8) is 0 Å². The van der Waals surface area contributed by atoms with E-state index in [1.54, 1.807) is 13.0 Å². The molecule has 0 saturated carbocycles. The van der Waals surface area contributed by atoms with Crippen LogP contribution in [0.25, 0.3) is 11.7 Å². The summed E-state index contributed by atoms with van der Waals surface area (Å²) in [7, 11) is -3.34. The SMILES string of the molecule is CCOC(=O)[C@@H](OC(C)(C)C)c1c(C)nc2cc(C=CCc3ccc(F)cc3B3OC(C)(C)C(C)(C)O3)nn2c1N1CCC(C)(OCCCC[C@@H](C)O[Si](c2ccccc2)(c2ccccc2)C(C)(C)C)CC1. The lowest BCUT2D eigenvalue weighted by atomic mass is 9.75. The third-order valence-electron chi connectivity index (χ3n) is 14.7. The summed E-state index contributed by atoms with van der Waals surface area (Å²) in [6.07, 6.45) is 7.86. The Balaban J connectivity index is 1.07. The topological polar surface area (TPSA) is 106 Å². The molecule has 2 aliphatic heterocycles. The van der Waals surface area contributed by atoms with Gasteiger partial charge in [-0.15, -0.1) is 0 Å². The van der Waals surface area contributed by atoms with Crippen molar-refractivity contribution >= 4 is 54.8 Å². The summed E-state index contributed by atoms with van der Waals surface area (Å²) in [5, 5.41) is 7.63. The maximum Gasteiger partial charge on any atom is 0.495 e. The smallest absolute Gasteiger partial charge is 0.464 e. The first-order valence-corrected chi connectivity index (χ1v) is 28.0. The van der Waals surface area contributed by atoms with Gasteiger partial charge in [0.1, 0.15) is 11.6 Å². The molecule has 7 rings (SSSR count). The van der Waals surface area contributed by atoms with Gasteiger partial charge in [-0.25, -0.2) is 14.2 Å². The summed E-state index contributed by atoms with van der Waals surface area (Å²) in [5.74, 6) is -0.0747. The van der Waals surface area contributed by atoms with Gasteiger partial charge in [0, 0.05) is 37.6 Å². The predicted octanol–water partition coefficient (Wildman–Crippen LogP) is 10.7. The van der Waals surface area contributed by atoms with Crippen molar-refractivity contribution < 1.29 is 37.1 Å². The lowest BCUT2D eigenvalue weighted by molar-refractivity contribution is -0.166. The minimum Gasteiger partial charge on any atom is -0.464 e. The Bertz CT molecular complexity index is 2600. The Labute approximate surface area is 430 Å². The monoisotopic (exact) mass is 1000 g/mol. The number of hydrogen-bond donors (Lipinski definition) is 0. The number of unbranched alkanes of at least 4 members (excludes halogenated alkanes) is 1. The molecule has 11 nitrogen and oxygen atoms in total. The number of ether oxygens (including phenoxy) is 3. The molecule has 14 heteroatoms. The van der Waals surface area contributed by atoms with Crippen molar-refractivity contribution in [2.75, 3.05) is 31.2 Å². The van der Waals surface area contributed by atoms with Crippen LogP contribution < -0.4 is 20.7 Å². The van der Waals surface area contributed by atoms with Gasteiger partial charge >= 0.3 is 13.1 Å². The number of esters is 1. The molecule has 5 aromatic rings. The average molecular weight is 1000 g/mol. The molecule has 0 N–H and O–H groups in total. The number of piperidine rings is 1. The number of halogens is 1. The van der Waals surface area contributed by atoms with Crippen LogP contribution in [-0.4, -0.2) is 90.8 Å². The average Bonchev–Trinajstić information content (AvgIpc) is 3.81. The molecule has 388 valence electrons. The van der Waals surface area contributed by atoms with Gasteiger partial charge in [-0.05, 0) is 159 Å². The predicted molar refractivity (Wildman–Crippen MR) is 291 cm³/mol. The summed E-state index contributed by atoms with van der Waals surface area (Å²) in [6, 6.07) is 28.4. The molecular weight excluding hydrogens is 923 g/mol. The third-order valence-corrected chi connectivity index (χ3v) is 19.8. The van der Waals surface area contributed by atoms with Crippen LogP contribution in [0.2, 0.25) is 5.04 Å². The fourth-order valence-electron chi connectivity index (χ4n) is 10.1. The van der Waals surface area contributed by atoms with Crippen LogP contribution in [0.5, 0.6) is 0 Å². The van der Waals surface area contributed by atoms with Crippen molar-refractivity contribution in [1.29, 1.82) is 0 Å². The van der Waals surface area contributed by atoms with E-state index in [0.29, 0.717) is 54.2 Å². The summed E-state index contributed by atoms with van der Waals surface area (Å²) in [4.78, 5) is 21.2. The number of aryl methyl sites for hydroxylation is 1. The molecule has 4 heterocycles. The molecule has 0 aliphatic carbocycles. The van der Waals surface area contributed by atoms with Crippen LogP contribution in [0.3, 0.4) is 0 Å². The molecule has 3 aromatic carbocycles. The van der Waals surface area contributed by atoms with E-state index < -0.39 is 44.3 Å². The molecule has 2 aliphatic rings. The van der Waals surface area contributed by atoms with Gasteiger partial charge in [0.25, 0.3) is 8.32 Å². The highest BCUT2D eigenvalue weighted by Gasteiger charge is 2.53. The van der Waals surface area contributed by atoms with Crippen molar-refractivity contribution in [1.82, 2.24) is 14.6 Å². The van der Waals surface area contributed by atoms with Crippen LogP contribution >= 0.6 is 0 Å². The van der Waals surface area contributed by atoms with Crippen LogP contribution in [-0.2, 0) is 39.2 Å². The fraction of sp³-hybridized carbons (Fsp3) is 0.534. The van der Waals surface area contributed by atoms with E-state index in [1.807, 2.05) is 78.1 Å². The summed E-state index contributed by atoms with van der Waals surface area (Å²) < 4.78 is 55.5.